The smallest absolute Gasteiger partial charge is 0.317 e. The number of rotatable bonds is 7. The zero-order valence-corrected chi connectivity index (χ0v) is 13.9. The van der Waals surface area contributed by atoms with Crippen LogP contribution in [-0.2, 0) is 24.3 Å². The predicted octanol–water partition coefficient (Wildman–Crippen LogP) is -1.35. The van der Waals surface area contributed by atoms with Gasteiger partial charge in [-0.2, -0.15) is 13.5 Å². The number of hydrogen-bond acceptors (Lipinski definition) is 7. The van der Waals surface area contributed by atoms with E-state index in [1.165, 1.54) is 4.90 Å². The minimum Gasteiger partial charge on any atom is -0.317 e. The molecular formula is C12H20N4O7S. The summed E-state index contributed by atoms with van der Waals surface area (Å²) >= 11 is 0. The lowest BCUT2D eigenvalue weighted by atomic mass is 9.85. The minimum atomic E-state index is -4.81. The normalized spacial score (nSPS) is 27.7. The first kappa shape index (κ1) is 17.4. The Morgan fingerprint density at radius 3 is 2.75 bits per heavy atom. The first-order chi connectivity index (χ1) is 11.3. The number of hydrogen-bond donors (Lipinski definition) is 3. The van der Waals surface area contributed by atoms with Crippen molar-refractivity contribution in [3.05, 3.63) is 0 Å². The number of urea groups is 1. The second-order valence-electron chi connectivity index (χ2n) is 6.28. The molecule has 1 aliphatic carbocycles. The number of fused-ring (bicyclic) bond motifs is 3. The molecule has 136 valence electrons. The maximum absolute atomic E-state index is 12.4. The standard InChI is InChI=1S/C12H20N4O7S/c1-13-4-5-22-14-10(17)8-6-12(2-3-12)9-7-15(8)11(18)16(9)23-24(19,20)21/h8-9,13H,2-7H2,1H3,(H,14,17)(H,19,20,21)/t8-,9-/m0/s1. The Morgan fingerprint density at radius 1 is 1.46 bits per heavy atom. The Balaban J connectivity index is 1.72. The molecule has 0 aromatic heterocycles. The molecule has 2 aliphatic heterocycles. The summed E-state index contributed by atoms with van der Waals surface area (Å²) in [6.07, 6.45) is 1.92. The lowest BCUT2D eigenvalue weighted by molar-refractivity contribution is -0.139. The molecule has 24 heavy (non-hydrogen) atoms. The lowest BCUT2D eigenvalue weighted by Gasteiger charge is -2.35. The molecule has 3 amide bonds. The average Bonchev–Trinajstić information content (AvgIpc) is 3.22. The first-order valence-electron chi connectivity index (χ1n) is 7.60. The molecular weight excluding hydrogens is 344 g/mol. The van der Waals surface area contributed by atoms with E-state index in [0.717, 1.165) is 12.8 Å². The summed E-state index contributed by atoms with van der Waals surface area (Å²) in [5.74, 6) is -0.460. The van der Waals surface area contributed by atoms with Gasteiger partial charge in [-0.15, -0.1) is 4.28 Å². The highest BCUT2D eigenvalue weighted by Crippen LogP contribution is 2.59. The van der Waals surface area contributed by atoms with Crippen LogP contribution in [0.1, 0.15) is 19.3 Å². The summed E-state index contributed by atoms with van der Waals surface area (Å²) in [5.41, 5.74) is 1.96. The summed E-state index contributed by atoms with van der Waals surface area (Å²) in [5, 5.41) is 3.54. The maximum Gasteiger partial charge on any atom is 0.418 e. The lowest BCUT2D eigenvalue weighted by Crippen LogP contribution is -2.52. The largest absolute Gasteiger partial charge is 0.418 e. The topological polar surface area (TPSA) is 138 Å². The van der Waals surface area contributed by atoms with Gasteiger partial charge in [-0.1, -0.05) is 0 Å². The van der Waals surface area contributed by atoms with Gasteiger partial charge in [0.1, 0.15) is 6.04 Å². The molecule has 3 N–H and O–H groups in total. The maximum atomic E-state index is 12.4. The van der Waals surface area contributed by atoms with E-state index in [4.69, 9.17) is 9.39 Å². The number of piperidine rings is 1. The number of nitrogens with zero attached hydrogens (tertiary/aromatic N) is 2. The fourth-order valence-corrected chi connectivity index (χ4v) is 3.76. The van der Waals surface area contributed by atoms with Crippen molar-refractivity contribution in [2.24, 2.45) is 5.41 Å². The van der Waals surface area contributed by atoms with Crippen LogP contribution < -0.4 is 10.8 Å². The summed E-state index contributed by atoms with van der Waals surface area (Å²) in [6.45, 7) is 0.993. The van der Waals surface area contributed by atoms with Crippen molar-refractivity contribution >= 4 is 22.3 Å². The number of nitrogens with one attached hydrogen (secondary N) is 2. The fraction of sp³-hybridized carbons (Fsp3) is 0.833. The molecule has 1 spiro atoms. The number of likely N-dealkylation sites (N-methyl/N-ethyl adjacent to an activating group) is 1. The van der Waals surface area contributed by atoms with Crippen LogP contribution in [0.4, 0.5) is 4.79 Å². The SMILES string of the molecule is CNCCONC(=O)[C@@H]1CC2(CC2)[C@@H]2CN1C(=O)N2OS(=O)(=O)O. The van der Waals surface area contributed by atoms with Gasteiger partial charge >= 0.3 is 16.4 Å². The summed E-state index contributed by atoms with van der Waals surface area (Å²) in [6, 6.07) is -2.02. The van der Waals surface area contributed by atoms with Gasteiger partial charge in [-0.3, -0.25) is 14.2 Å². The minimum absolute atomic E-state index is 0.170. The van der Waals surface area contributed by atoms with Gasteiger partial charge in [0, 0.05) is 13.1 Å². The highest BCUT2D eigenvalue weighted by atomic mass is 32.3. The zero-order chi connectivity index (χ0) is 17.5. The molecule has 2 bridgehead atoms. The van der Waals surface area contributed by atoms with E-state index < -0.39 is 34.4 Å². The van der Waals surface area contributed by atoms with Crippen molar-refractivity contribution in [2.45, 2.75) is 31.3 Å². The van der Waals surface area contributed by atoms with E-state index in [1.54, 1.807) is 7.05 Å². The summed E-state index contributed by atoms with van der Waals surface area (Å²) in [4.78, 5) is 31.0. The van der Waals surface area contributed by atoms with Crippen LogP contribution in [0.25, 0.3) is 0 Å². The number of amides is 3. The molecule has 0 radical (unpaired) electrons. The van der Waals surface area contributed by atoms with Gasteiger partial charge in [0.05, 0.1) is 12.6 Å². The molecule has 11 nitrogen and oxygen atoms in total. The van der Waals surface area contributed by atoms with Gasteiger partial charge in [0.25, 0.3) is 5.91 Å². The second-order valence-corrected chi connectivity index (χ2v) is 7.28. The van der Waals surface area contributed by atoms with E-state index >= 15 is 0 Å². The van der Waals surface area contributed by atoms with Crippen LogP contribution in [0.15, 0.2) is 0 Å². The van der Waals surface area contributed by atoms with Crippen molar-refractivity contribution < 1.29 is 31.7 Å². The van der Waals surface area contributed by atoms with Gasteiger partial charge in [-0.25, -0.2) is 10.3 Å². The molecule has 0 unspecified atom stereocenters. The molecule has 0 aromatic rings. The molecule has 3 rings (SSSR count). The monoisotopic (exact) mass is 364 g/mol. The van der Waals surface area contributed by atoms with E-state index in [1.807, 2.05) is 0 Å². The number of carbonyl (C=O) groups is 2. The fourth-order valence-electron chi connectivity index (χ4n) is 3.39. The van der Waals surface area contributed by atoms with Crippen molar-refractivity contribution in [1.82, 2.24) is 20.8 Å². The van der Waals surface area contributed by atoms with Crippen LogP contribution in [0.2, 0.25) is 0 Å². The molecule has 3 aliphatic rings. The third-order valence-electron chi connectivity index (χ3n) is 4.77. The van der Waals surface area contributed by atoms with Crippen molar-refractivity contribution in [2.75, 3.05) is 26.7 Å². The predicted molar refractivity (Wildman–Crippen MR) is 78.5 cm³/mol. The van der Waals surface area contributed by atoms with Crippen LogP contribution in [-0.4, -0.2) is 73.7 Å². The Kier molecular flexibility index (Phi) is 4.42. The van der Waals surface area contributed by atoms with Gasteiger partial charge in [0.2, 0.25) is 0 Å². The molecule has 1 saturated carbocycles. The van der Waals surface area contributed by atoms with Crippen LogP contribution in [0.3, 0.4) is 0 Å². The van der Waals surface area contributed by atoms with Crippen molar-refractivity contribution in [3.8, 4) is 0 Å². The van der Waals surface area contributed by atoms with Crippen molar-refractivity contribution in [3.63, 3.8) is 0 Å². The third-order valence-corrected chi connectivity index (χ3v) is 5.12. The van der Waals surface area contributed by atoms with Gasteiger partial charge in [-0.05, 0) is 31.7 Å². The van der Waals surface area contributed by atoms with E-state index in [2.05, 4.69) is 15.1 Å². The van der Waals surface area contributed by atoms with Gasteiger partial charge < -0.3 is 10.2 Å². The number of hydroxylamine groups is 3. The average molecular weight is 364 g/mol. The molecule has 2 heterocycles. The highest BCUT2D eigenvalue weighted by Gasteiger charge is 2.65. The van der Waals surface area contributed by atoms with E-state index in [0.29, 0.717) is 18.0 Å². The highest BCUT2D eigenvalue weighted by molar-refractivity contribution is 7.80. The summed E-state index contributed by atoms with van der Waals surface area (Å²) in [7, 11) is -3.07. The van der Waals surface area contributed by atoms with Crippen molar-refractivity contribution in [1.29, 1.82) is 0 Å². The Bertz CT molecular complexity index is 635. The third kappa shape index (κ3) is 3.19. The molecule has 3 fully saturated rings. The van der Waals surface area contributed by atoms with Crippen LogP contribution in [0, 0.1) is 5.41 Å². The second kappa shape index (κ2) is 6.11. The molecule has 2 atom stereocenters. The Morgan fingerprint density at radius 2 is 2.17 bits per heavy atom. The van der Waals surface area contributed by atoms with Crippen LogP contribution in [0.5, 0.6) is 0 Å². The quantitative estimate of drug-likeness (QED) is 0.286. The first-order valence-corrected chi connectivity index (χ1v) is 8.97. The van der Waals surface area contributed by atoms with Crippen LogP contribution >= 0.6 is 0 Å². The molecule has 0 aromatic carbocycles. The number of carbonyl (C=O) groups excluding carboxylic acids is 2. The van der Waals surface area contributed by atoms with E-state index in [-0.39, 0.29) is 18.6 Å². The Labute approximate surface area is 139 Å². The molecule has 2 saturated heterocycles. The molecule has 12 heteroatoms. The van der Waals surface area contributed by atoms with Gasteiger partial charge in [0.15, 0.2) is 0 Å². The zero-order valence-electron chi connectivity index (χ0n) is 13.1. The summed E-state index contributed by atoms with van der Waals surface area (Å²) < 4.78 is 35.3. The van der Waals surface area contributed by atoms with E-state index in [9.17, 15) is 18.0 Å². The Hall–Kier alpha value is -1.47.